The van der Waals surface area contributed by atoms with Crippen LogP contribution in [0.1, 0.15) is 6.42 Å². The van der Waals surface area contributed by atoms with Gasteiger partial charge >= 0.3 is 0 Å². The predicted molar refractivity (Wildman–Crippen MR) is 64.7 cm³/mol. The number of nitrogens with one attached hydrogen (secondary N) is 1. The number of aliphatic hydroxyl groups excluding tert-OH is 1. The molecule has 0 aromatic heterocycles. The van der Waals surface area contributed by atoms with E-state index in [1.165, 1.54) is 12.2 Å². The topological polar surface area (TPSA) is 66.4 Å². The fourth-order valence-electron chi connectivity index (χ4n) is 2.08. The first-order chi connectivity index (χ1) is 10.2. The Morgan fingerprint density at radius 3 is 1.95 bits per heavy atom. The van der Waals surface area contributed by atoms with Crippen molar-refractivity contribution in [3.8, 4) is 0 Å². The molecule has 2 N–H and O–H groups in total. The zero-order valence-corrected chi connectivity index (χ0v) is 11.6. The number of halogens is 5. The van der Waals surface area contributed by atoms with Crippen LogP contribution < -0.4 is 4.72 Å². The molecule has 4 nitrogen and oxygen atoms in total. The van der Waals surface area contributed by atoms with Gasteiger partial charge in [0.15, 0.2) is 28.2 Å². The molecule has 22 heavy (non-hydrogen) atoms. The van der Waals surface area contributed by atoms with Gasteiger partial charge in [-0.2, -0.15) is 0 Å². The van der Waals surface area contributed by atoms with Crippen molar-refractivity contribution < 1.29 is 35.5 Å². The SMILES string of the molecule is O=S(=O)(N[C@@H]1C=C[C@H](CO)C1)c1c(F)c(F)c(F)c(F)c1F. The van der Waals surface area contributed by atoms with Crippen molar-refractivity contribution in [1.29, 1.82) is 0 Å². The molecule has 0 amide bonds. The summed E-state index contributed by atoms with van der Waals surface area (Å²) < 4.78 is 91.7. The zero-order chi connectivity index (χ0) is 16.7. The van der Waals surface area contributed by atoms with Crippen molar-refractivity contribution in [2.75, 3.05) is 6.61 Å². The summed E-state index contributed by atoms with van der Waals surface area (Å²) in [4.78, 5) is -1.93. The van der Waals surface area contributed by atoms with Crippen LogP contribution in [0.3, 0.4) is 0 Å². The largest absolute Gasteiger partial charge is 0.396 e. The first kappa shape index (κ1) is 16.8. The van der Waals surface area contributed by atoms with E-state index >= 15 is 0 Å². The van der Waals surface area contributed by atoms with Crippen LogP contribution in [-0.2, 0) is 10.0 Å². The molecule has 2 rings (SSSR count). The van der Waals surface area contributed by atoms with E-state index in [0.29, 0.717) is 0 Å². The van der Waals surface area contributed by atoms with Crippen molar-refractivity contribution in [2.24, 2.45) is 5.92 Å². The van der Waals surface area contributed by atoms with Crippen LogP contribution in [-0.4, -0.2) is 26.2 Å². The molecule has 1 aromatic carbocycles. The third-order valence-corrected chi connectivity index (χ3v) is 4.66. The number of benzene rings is 1. The molecule has 2 atom stereocenters. The van der Waals surface area contributed by atoms with Gasteiger partial charge in [-0.15, -0.1) is 0 Å². The van der Waals surface area contributed by atoms with E-state index in [2.05, 4.69) is 0 Å². The van der Waals surface area contributed by atoms with E-state index in [-0.39, 0.29) is 18.9 Å². The molecule has 0 spiro atoms. The summed E-state index contributed by atoms with van der Waals surface area (Å²) in [6.45, 7) is -0.267. The minimum Gasteiger partial charge on any atom is -0.396 e. The monoisotopic (exact) mass is 343 g/mol. The molecule has 0 saturated heterocycles. The highest BCUT2D eigenvalue weighted by Gasteiger charge is 2.35. The lowest BCUT2D eigenvalue weighted by Gasteiger charge is -2.14. The summed E-state index contributed by atoms with van der Waals surface area (Å²) >= 11 is 0. The van der Waals surface area contributed by atoms with Crippen LogP contribution in [0.2, 0.25) is 0 Å². The summed E-state index contributed by atoms with van der Waals surface area (Å²) in [6, 6.07) is -0.919. The first-order valence-electron chi connectivity index (χ1n) is 6.02. The summed E-state index contributed by atoms with van der Waals surface area (Å²) in [7, 11) is -4.98. The highest BCUT2D eigenvalue weighted by atomic mass is 32.2. The highest BCUT2D eigenvalue weighted by molar-refractivity contribution is 7.89. The Balaban J connectivity index is 2.41. The molecule has 0 fully saturated rings. The van der Waals surface area contributed by atoms with Crippen molar-refractivity contribution in [3.05, 3.63) is 41.2 Å². The molecule has 0 aliphatic heterocycles. The molecule has 1 aromatic rings. The number of rotatable bonds is 4. The lowest BCUT2D eigenvalue weighted by atomic mass is 10.1. The van der Waals surface area contributed by atoms with Crippen LogP contribution >= 0.6 is 0 Å². The van der Waals surface area contributed by atoms with Gasteiger partial charge in [-0.3, -0.25) is 0 Å². The molecule has 0 heterocycles. The van der Waals surface area contributed by atoms with Gasteiger partial charge in [0.1, 0.15) is 0 Å². The van der Waals surface area contributed by atoms with Gasteiger partial charge in [-0.1, -0.05) is 12.2 Å². The van der Waals surface area contributed by atoms with Gasteiger partial charge in [0.2, 0.25) is 15.8 Å². The average Bonchev–Trinajstić information content (AvgIpc) is 2.89. The predicted octanol–water partition coefficient (Wildman–Crippen LogP) is 1.60. The van der Waals surface area contributed by atoms with Crippen LogP contribution in [0, 0.1) is 35.0 Å². The zero-order valence-electron chi connectivity index (χ0n) is 10.8. The lowest BCUT2D eigenvalue weighted by Crippen LogP contribution is -2.34. The maximum atomic E-state index is 13.5. The number of sulfonamides is 1. The Morgan fingerprint density at radius 1 is 1.00 bits per heavy atom. The fraction of sp³-hybridized carbons (Fsp3) is 0.333. The van der Waals surface area contributed by atoms with Gasteiger partial charge in [-0.05, 0) is 6.42 Å². The standard InChI is InChI=1S/C12H10F5NO3S/c13-7-8(14)10(16)12(11(17)9(7)15)22(20,21)18-6-2-1-5(3-6)4-19/h1-2,5-6,18-19H,3-4H2/t5-,6+/m0/s1. The van der Waals surface area contributed by atoms with Crippen molar-refractivity contribution in [1.82, 2.24) is 4.72 Å². The molecular formula is C12H10F5NO3S. The van der Waals surface area contributed by atoms with Crippen LogP contribution in [0.15, 0.2) is 17.0 Å². The van der Waals surface area contributed by atoms with Crippen LogP contribution in [0.5, 0.6) is 0 Å². The molecule has 1 aliphatic carbocycles. The van der Waals surface area contributed by atoms with Gasteiger partial charge < -0.3 is 5.11 Å². The molecule has 122 valence electrons. The Hall–Kier alpha value is -1.52. The molecule has 0 bridgehead atoms. The molecule has 0 saturated carbocycles. The van der Waals surface area contributed by atoms with E-state index in [1.807, 2.05) is 4.72 Å². The van der Waals surface area contributed by atoms with E-state index in [4.69, 9.17) is 5.11 Å². The van der Waals surface area contributed by atoms with Crippen LogP contribution in [0.25, 0.3) is 0 Å². The smallest absolute Gasteiger partial charge is 0.247 e. The van der Waals surface area contributed by atoms with E-state index in [1.54, 1.807) is 0 Å². The van der Waals surface area contributed by atoms with E-state index in [9.17, 15) is 30.4 Å². The second kappa shape index (κ2) is 5.94. The van der Waals surface area contributed by atoms with Crippen molar-refractivity contribution in [2.45, 2.75) is 17.4 Å². The highest BCUT2D eigenvalue weighted by Crippen LogP contribution is 2.27. The summed E-state index contributed by atoms with van der Waals surface area (Å²) in [5.74, 6) is -12.3. The van der Waals surface area contributed by atoms with E-state index in [0.717, 1.165) is 0 Å². The van der Waals surface area contributed by atoms with Crippen molar-refractivity contribution >= 4 is 10.0 Å². The van der Waals surface area contributed by atoms with Crippen molar-refractivity contribution in [3.63, 3.8) is 0 Å². The average molecular weight is 343 g/mol. The number of aliphatic hydroxyl groups is 1. The minimum atomic E-state index is -4.98. The van der Waals surface area contributed by atoms with Gasteiger partial charge in [0.25, 0.3) is 0 Å². The lowest BCUT2D eigenvalue weighted by molar-refractivity contribution is 0.248. The molecule has 0 unspecified atom stereocenters. The molecule has 1 aliphatic rings. The maximum absolute atomic E-state index is 13.5. The third kappa shape index (κ3) is 2.85. The molecule has 0 radical (unpaired) electrons. The third-order valence-electron chi connectivity index (χ3n) is 3.15. The molecular weight excluding hydrogens is 333 g/mol. The number of hydrogen-bond acceptors (Lipinski definition) is 3. The second-order valence-corrected chi connectivity index (χ2v) is 6.34. The van der Waals surface area contributed by atoms with Gasteiger partial charge in [0, 0.05) is 18.6 Å². The van der Waals surface area contributed by atoms with E-state index < -0.39 is 50.0 Å². The summed E-state index contributed by atoms with van der Waals surface area (Å²) in [5.41, 5.74) is 0. The molecule has 10 heteroatoms. The fourth-order valence-corrected chi connectivity index (χ4v) is 3.42. The summed E-state index contributed by atoms with van der Waals surface area (Å²) in [5, 5.41) is 8.90. The summed E-state index contributed by atoms with van der Waals surface area (Å²) in [6.07, 6.45) is 2.90. The Morgan fingerprint density at radius 2 is 1.50 bits per heavy atom. The van der Waals surface area contributed by atoms with Gasteiger partial charge in [0.05, 0.1) is 0 Å². The Kier molecular flexibility index (Phi) is 4.54. The normalized spacial score (nSPS) is 21.5. The minimum absolute atomic E-state index is 0.102. The van der Waals surface area contributed by atoms with Gasteiger partial charge in [-0.25, -0.2) is 35.1 Å². The first-order valence-corrected chi connectivity index (χ1v) is 7.50. The quantitative estimate of drug-likeness (QED) is 0.378. The number of hydrogen-bond donors (Lipinski definition) is 2. The Bertz CT molecular complexity index is 706. The maximum Gasteiger partial charge on any atom is 0.247 e. The second-order valence-electron chi connectivity index (χ2n) is 4.69. The van der Waals surface area contributed by atoms with Crippen LogP contribution in [0.4, 0.5) is 22.0 Å². The Labute approximate surface area is 122 Å².